The van der Waals surface area contributed by atoms with Crippen LogP contribution >= 0.6 is 11.3 Å². The van der Waals surface area contributed by atoms with Gasteiger partial charge in [0.2, 0.25) is 5.91 Å². The number of thiazole rings is 1. The van der Waals surface area contributed by atoms with E-state index in [0.717, 1.165) is 75.7 Å². The van der Waals surface area contributed by atoms with Crippen molar-refractivity contribution in [2.75, 3.05) is 19.7 Å². The average molecular weight is 441 g/mol. The van der Waals surface area contributed by atoms with Gasteiger partial charge in [-0.2, -0.15) is 5.26 Å². The summed E-state index contributed by atoms with van der Waals surface area (Å²) in [5.41, 5.74) is 0.962. The molecule has 1 aliphatic heterocycles. The highest BCUT2D eigenvalue weighted by Gasteiger charge is 2.27. The van der Waals surface area contributed by atoms with Crippen molar-refractivity contribution in [2.24, 2.45) is 5.92 Å². The van der Waals surface area contributed by atoms with E-state index in [0.29, 0.717) is 11.1 Å². The first-order valence-corrected chi connectivity index (χ1v) is 11.5. The summed E-state index contributed by atoms with van der Waals surface area (Å²) in [4.78, 5) is 19.7. The number of nitriles is 1. The minimum absolute atomic E-state index is 0.0154. The minimum Gasteiger partial charge on any atom is -0.464 e. The molecule has 0 atom stereocenters. The van der Waals surface area contributed by atoms with E-state index in [1.54, 1.807) is 0 Å². The van der Waals surface area contributed by atoms with Crippen molar-refractivity contribution >= 4 is 17.2 Å². The topological polar surface area (TPSA) is 78.2 Å². The molecule has 0 unspecified atom stereocenters. The fraction of sp³-hybridized carbons (Fsp3) is 0.762. The lowest BCUT2D eigenvalue weighted by Gasteiger charge is -2.32. The molecular weight excluding hydrogens is 410 g/mol. The molecule has 0 saturated heterocycles. The van der Waals surface area contributed by atoms with Gasteiger partial charge in [0.05, 0.1) is 11.8 Å². The molecule has 0 bridgehead atoms. The van der Waals surface area contributed by atoms with Crippen LogP contribution in [0.4, 0.5) is 8.78 Å². The van der Waals surface area contributed by atoms with Gasteiger partial charge in [0.25, 0.3) is 11.1 Å². The third-order valence-electron chi connectivity index (χ3n) is 5.77. The van der Waals surface area contributed by atoms with Gasteiger partial charge >= 0.3 is 0 Å². The number of rotatable bonds is 9. The fourth-order valence-corrected chi connectivity index (χ4v) is 5.01. The summed E-state index contributed by atoms with van der Waals surface area (Å²) in [6.45, 7) is 2.93. The highest BCUT2D eigenvalue weighted by Crippen LogP contribution is 2.32. The van der Waals surface area contributed by atoms with Gasteiger partial charge in [-0.3, -0.25) is 9.69 Å². The van der Waals surface area contributed by atoms with E-state index >= 15 is 0 Å². The largest absolute Gasteiger partial charge is 0.464 e. The van der Waals surface area contributed by atoms with Crippen LogP contribution in [0.2, 0.25) is 0 Å². The number of aromatic nitrogens is 1. The van der Waals surface area contributed by atoms with Crippen LogP contribution in [0.15, 0.2) is 0 Å². The molecule has 1 N–H and O–H groups in total. The van der Waals surface area contributed by atoms with E-state index in [2.05, 4.69) is 15.2 Å². The summed E-state index contributed by atoms with van der Waals surface area (Å²) in [7, 11) is 0. The van der Waals surface area contributed by atoms with Gasteiger partial charge in [0.1, 0.15) is 0 Å². The molecule has 1 saturated carbocycles. The molecule has 1 aromatic rings. The summed E-state index contributed by atoms with van der Waals surface area (Å²) in [6.07, 6.45) is 6.81. The molecular formula is C21H30F2N4O2S. The summed E-state index contributed by atoms with van der Waals surface area (Å²) < 4.78 is 31.1. The molecule has 1 amide bonds. The smallest absolute Gasteiger partial charge is 0.278 e. The lowest BCUT2D eigenvalue weighted by molar-refractivity contribution is -0.122. The zero-order chi connectivity index (χ0) is 21.6. The summed E-state index contributed by atoms with van der Waals surface area (Å²) in [5.74, 6) is -2.20. The number of hydrogen-bond acceptors (Lipinski definition) is 6. The molecule has 0 spiro atoms. The maximum atomic E-state index is 13.0. The number of nitrogens with zero attached hydrogens (tertiary/aromatic N) is 3. The molecule has 2 heterocycles. The molecule has 6 nitrogen and oxygen atoms in total. The maximum absolute atomic E-state index is 13.0. The van der Waals surface area contributed by atoms with Crippen LogP contribution in [0.25, 0.3) is 0 Å². The molecule has 1 aliphatic carbocycles. The lowest BCUT2D eigenvalue weighted by atomic mass is 9.84. The second-order valence-corrected chi connectivity index (χ2v) is 9.51. The Kier molecular flexibility index (Phi) is 8.00. The molecule has 1 fully saturated rings. The molecule has 0 radical (unpaired) electrons. The van der Waals surface area contributed by atoms with Crippen LogP contribution in [0.1, 0.15) is 62.4 Å². The Balaban J connectivity index is 1.36. The Labute approximate surface area is 180 Å². The number of carbonyl (C=O) groups excluding carboxylic acids is 1. The molecule has 9 heteroatoms. The van der Waals surface area contributed by atoms with Crippen molar-refractivity contribution in [1.82, 2.24) is 15.2 Å². The number of alkyl halides is 2. The first-order valence-electron chi connectivity index (χ1n) is 10.7. The molecule has 0 aromatic carbocycles. The predicted molar refractivity (Wildman–Crippen MR) is 111 cm³/mol. The third kappa shape index (κ3) is 7.17. The van der Waals surface area contributed by atoms with Crippen LogP contribution in [-0.4, -0.2) is 47.5 Å². The SMILES string of the molecule is CC(F)(F)COc1nc2c(s1)CCN(CC[C@H]1CC[C@H](NC(=O)CCC#N)CC1)C2. The van der Waals surface area contributed by atoms with Crippen molar-refractivity contribution in [3.05, 3.63) is 10.6 Å². The predicted octanol–water partition coefficient (Wildman–Crippen LogP) is 3.90. The van der Waals surface area contributed by atoms with E-state index in [-0.39, 0.29) is 24.8 Å². The summed E-state index contributed by atoms with van der Waals surface area (Å²) in [6, 6.07) is 2.25. The zero-order valence-corrected chi connectivity index (χ0v) is 18.3. The van der Waals surface area contributed by atoms with Gasteiger partial charge in [-0.25, -0.2) is 13.8 Å². The summed E-state index contributed by atoms with van der Waals surface area (Å²) >= 11 is 1.39. The lowest BCUT2D eigenvalue weighted by Crippen LogP contribution is -2.38. The minimum atomic E-state index is -2.85. The van der Waals surface area contributed by atoms with Crippen molar-refractivity contribution in [3.8, 4) is 11.3 Å². The maximum Gasteiger partial charge on any atom is 0.278 e. The van der Waals surface area contributed by atoms with Crippen LogP contribution in [0.3, 0.4) is 0 Å². The summed E-state index contributed by atoms with van der Waals surface area (Å²) in [5, 5.41) is 12.0. The number of ether oxygens (including phenoxy) is 1. The third-order valence-corrected chi connectivity index (χ3v) is 6.84. The van der Waals surface area contributed by atoms with Crippen molar-refractivity contribution in [1.29, 1.82) is 5.26 Å². The Bertz CT molecular complexity index is 751. The van der Waals surface area contributed by atoms with Crippen LogP contribution in [0, 0.1) is 17.2 Å². The molecule has 30 heavy (non-hydrogen) atoms. The van der Waals surface area contributed by atoms with Crippen LogP contribution in [0.5, 0.6) is 5.19 Å². The van der Waals surface area contributed by atoms with Crippen molar-refractivity contribution < 1.29 is 18.3 Å². The van der Waals surface area contributed by atoms with Gasteiger partial charge in [0.15, 0.2) is 6.61 Å². The quantitative estimate of drug-likeness (QED) is 0.630. The van der Waals surface area contributed by atoms with Gasteiger partial charge in [-0.05, 0) is 51.0 Å². The Morgan fingerprint density at radius 1 is 1.40 bits per heavy atom. The highest BCUT2D eigenvalue weighted by atomic mass is 32.1. The van der Waals surface area contributed by atoms with Crippen LogP contribution < -0.4 is 10.1 Å². The highest BCUT2D eigenvalue weighted by molar-refractivity contribution is 7.13. The average Bonchev–Trinajstić information content (AvgIpc) is 3.12. The number of amides is 1. The Morgan fingerprint density at radius 2 is 2.17 bits per heavy atom. The van der Waals surface area contributed by atoms with E-state index < -0.39 is 12.5 Å². The molecule has 1 aromatic heterocycles. The van der Waals surface area contributed by atoms with Gasteiger partial charge in [-0.15, -0.1) is 0 Å². The van der Waals surface area contributed by atoms with E-state index in [1.807, 2.05) is 6.07 Å². The van der Waals surface area contributed by atoms with E-state index in [4.69, 9.17) is 10.00 Å². The number of hydrogen-bond donors (Lipinski definition) is 1. The normalized spacial score (nSPS) is 22.2. The van der Waals surface area contributed by atoms with Gasteiger partial charge < -0.3 is 10.1 Å². The number of carbonyl (C=O) groups is 1. The molecule has 3 rings (SSSR count). The first kappa shape index (κ1) is 22.9. The van der Waals surface area contributed by atoms with E-state index in [1.165, 1.54) is 11.3 Å². The monoisotopic (exact) mass is 440 g/mol. The second-order valence-electron chi connectivity index (χ2n) is 8.47. The van der Waals surface area contributed by atoms with Gasteiger partial charge in [-0.1, -0.05) is 11.3 Å². The number of nitrogens with one attached hydrogen (secondary N) is 1. The Morgan fingerprint density at radius 3 is 2.87 bits per heavy atom. The number of fused-ring (bicyclic) bond motifs is 1. The fourth-order valence-electron chi connectivity index (χ4n) is 4.10. The zero-order valence-electron chi connectivity index (χ0n) is 17.5. The van der Waals surface area contributed by atoms with E-state index in [9.17, 15) is 13.6 Å². The molecule has 166 valence electrons. The first-order chi connectivity index (χ1) is 14.3. The number of halogens is 2. The van der Waals surface area contributed by atoms with Gasteiger partial charge in [0, 0.05) is 43.8 Å². The second kappa shape index (κ2) is 10.5. The standard InChI is InChI=1S/C21H30F2N4O2S/c1-21(22,23)14-29-20-26-17-13-27(12-9-18(17)30-20)11-8-15-4-6-16(7-5-15)25-19(28)3-2-10-24/h15-16H,2-9,11-14H2,1H3,(H,25,28)/t15-,16-. The van der Waals surface area contributed by atoms with Crippen molar-refractivity contribution in [2.45, 2.75) is 76.8 Å². The van der Waals surface area contributed by atoms with Crippen molar-refractivity contribution in [3.63, 3.8) is 0 Å². The van der Waals surface area contributed by atoms with Crippen LogP contribution in [-0.2, 0) is 17.8 Å². The Hall–Kier alpha value is -1.79. The molecule has 2 aliphatic rings.